The number of rotatable bonds is 5. The Kier molecular flexibility index (Phi) is 5.32. The molecule has 0 aromatic heterocycles. The van der Waals surface area contributed by atoms with Gasteiger partial charge in [0, 0.05) is 18.9 Å². The molecule has 0 aliphatic heterocycles. The van der Waals surface area contributed by atoms with E-state index >= 15 is 0 Å². The van der Waals surface area contributed by atoms with Crippen LogP contribution in [0, 0.1) is 28.6 Å². The van der Waals surface area contributed by atoms with Gasteiger partial charge in [0.1, 0.15) is 12.2 Å². The van der Waals surface area contributed by atoms with Crippen LogP contribution in [0.1, 0.15) is 72.1 Å². The highest BCUT2D eigenvalue weighted by molar-refractivity contribution is 5.91. The van der Waals surface area contributed by atoms with Gasteiger partial charge in [0.2, 0.25) is 0 Å². The van der Waals surface area contributed by atoms with Crippen LogP contribution in [0.3, 0.4) is 0 Å². The number of hydrogen-bond acceptors (Lipinski definition) is 5. The maximum atomic E-state index is 13.1. The van der Waals surface area contributed by atoms with Gasteiger partial charge in [-0.3, -0.25) is 9.59 Å². The number of fused-ring (bicyclic) bond motifs is 5. The van der Waals surface area contributed by atoms with E-state index in [1.165, 1.54) is 5.57 Å². The number of ketones is 2. The molecule has 1 unspecified atom stereocenters. The van der Waals surface area contributed by atoms with Crippen LogP contribution >= 0.6 is 0 Å². The van der Waals surface area contributed by atoms with Crippen molar-refractivity contribution in [1.82, 2.24) is 0 Å². The topological polar surface area (TPSA) is 72.8 Å². The molecule has 5 nitrogen and oxygen atoms in total. The summed E-state index contributed by atoms with van der Waals surface area (Å²) >= 11 is 0. The van der Waals surface area contributed by atoms with Crippen LogP contribution in [0.15, 0.2) is 11.6 Å². The lowest BCUT2D eigenvalue weighted by molar-refractivity contribution is -0.234. The van der Waals surface area contributed by atoms with Crippen molar-refractivity contribution in [2.75, 3.05) is 13.7 Å². The standard InChI is InChI=1S/C24H36O5/c1-15(28-4)29-24(21(27)14-25)12-9-20-18-6-5-16-13-17(26)7-10-22(16,2)19(18)8-11-23(20,24)3/h13,15,18-20,25H,5-12,14H2,1-4H3/t15?,18-,19+,20+,22+,23+,24+/m1/s1. The van der Waals surface area contributed by atoms with Crippen molar-refractivity contribution >= 4 is 11.6 Å². The molecule has 1 N–H and O–H groups in total. The molecule has 0 radical (unpaired) electrons. The minimum absolute atomic E-state index is 0.116. The Morgan fingerprint density at radius 3 is 2.59 bits per heavy atom. The van der Waals surface area contributed by atoms with Gasteiger partial charge in [-0.25, -0.2) is 0 Å². The summed E-state index contributed by atoms with van der Waals surface area (Å²) < 4.78 is 11.7. The Hall–Kier alpha value is -1.04. The van der Waals surface area contributed by atoms with E-state index in [1.807, 2.05) is 13.0 Å². The van der Waals surface area contributed by atoms with E-state index in [0.29, 0.717) is 30.6 Å². The summed E-state index contributed by atoms with van der Waals surface area (Å²) in [6, 6.07) is 0. The van der Waals surface area contributed by atoms with Gasteiger partial charge in [0.05, 0.1) is 0 Å². The van der Waals surface area contributed by atoms with E-state index in [-0.39, 0.29) is 22.4 Å². The fourth-order valence-electron chi connectivity index (χ4n) is 7.73. The highest BCUT2D eigenvalue weighted by Gasteiger charge is 2.67. The predicted molar refractivity (Wildman–Crippen MR) is 109 cm³/mol. The summed E-state index contributed by atoms with van der Waals surface area (Å²) in [6.45, 7) is 5.93. The number of hydrogen-bond donors (Lipinski definition) is 1. The third kappa shape index (κ3) is 2.91. The van der Waals surface area contributed by atoms with Crippen LogP contribution in [-0.2, 0) is 19.1 Å². The molecule has 29 heavy (non-hydrogen) atoms. The van der Waals surface area contributed by atoms with E-state index < -0.39 is 18.5 Å². The molecule has 4 aliphatic rings. The molecule has 0 bridgehead atoms. The summed E-state index contributed by atoms with van der Waals surface area (Å²) in [5.41, 5.74) is 0.221. The third-order valence-corrected chi connectivity index (χ3v) is 9.37. The lowest BCUT2D eigenvalue weighted by Gasteiger charge is -2.59. The molecule has 4 aliphatic carbocycles. The van der Waals surface area contributed by atoms with E-state index in [4.69, 9.17) is 9.47 Å². The van der Waals surface area contributed by atoms with Gasteiger partial charge in [-0.1, -0.05) is 19.4 Å². The highest BCUT2D eigenvalue weighted by atomic mass is 16.7. The molecular weight excluding hydrogens is 368 g/mol. The Morgan fingerprint density at radius 1 is 1.17 bits per heavy atom. The van der Waals surface area contributed by atoms with Gasteiger partial charge in [0.15, 0.2) is 17.9 Å². The number of Topliss-reactive ketones (excluding diaryl/α,β-unsaturated/α-hetero) is 1. The summed E-state index contributed by atoms with van der Waals surface area (Å²) in [5.74, 6) is 1.59. The monoisotopic (exact) mass is 404 g/mol. The van der Waals surface area contributed by atoms with Crippen molar-refractivity contribution in [2.24, 2.45) is 28.6 Å². The Balaban J connectivity index is 1.69. The van der Waals surface area contributed by atoms with E-state index in [9.17, 15) is 14.7 Å². The van der Waals surface area contributed by atoms with Crippen molar-refractivity contribution < 1.29 is 24.2 Å². The number of methoxy groups -OCH3 is 1. The molecule has 0 amide bonds. The molecule has 0 spiro atoms. The van der Waals surface area contributed by atoms with E-state index in [0.717, 1.165) is 38.5 Å². The predicted octanol–water partition coefficient (Wildman–Crippen LogP) is 3.83. The van der Waals surface area contributed by atoms with Crippen LogP contribution < -0.4 is 0 Å². The quantitative estimate of drug-likeness (QED) is 0.705. The van der Waals surface area contributed by atoms with Crippen LogP contribution in [0.2, 0.25) is 0 Å². The summed E-state index contributed by atoms with van der Waals surface area (Å²) in [7, 11) is 1.59. The van der Waals surface area contributed by atoms with E-state index in [1.54, 1.807) is 7.11 Å². The van der Waals surface area contributed by atoms with Crippen LogP contribution in [0.25, 0.3) is 0 Å². The Morgan fingerprint density at radius 2 is 1.90 bits per heavy atom. The first-order chi connectivity index (χ1) is 13.7. The lowest BCUT2D eigenvalue weighted by Crippen LogP contribution is -2.60. The van der Waals surface area contributed by atoms with Gasteiger partial charge >= 0.3 is 0 Å². The minimum atomic E-state index is -0.966. The van der Waals surface area contributed by atoms with Crippen LogP contribution in [0.5, 0.6) is 0 Å². The van der Waals surface area contributed by atoms with Crippen LogP contribution in [0.4, 0.5) is 0 Å². The molecule has 0 aromatic carbocycles. The molecule has 5 heteroatoms. The Labute approximate surface area is 174 Å². The average Bonchev–Trinajstić information content (AvgIpc) is 3.01. The second-order valence-corrected chi connectivity index (χ2v) is 10.3. The second kappa shape index (κ2) is 7.28. The van der Waals surface area contributed by atoms with Crippen molar-refractivity contribution in [2.45, 2.75) is 84.0 Å². The number of carbonyl (C=O) groups is 2. The molecule has 0 aromatic rings. The number of carbonyl (C=O) groups excluding carboxylic acids is 2. The van der Waals surface area contributed by atoms with Crippen molar-refractivity contribution in [1.29, 1.82) is 0 Å². The first-order valence-electron chi connectivity index (χ1n) is 11.3. The lowest BCUT2D eigenvalue weighted by atomic mass is 9.46. The zero-order valence-electron chi connectivity index (χ0n) is 18.3. The largest absolute Gasteiger partial charge is 0.388 e. The fraction of sp³-hybridized carbons (Fsp3) is 0.833. The molecule has 162 valence electrons. The molecule has 0 saturated heterocycles. The molecular formula is C24H36O5. The maximum absolute atomic E-state index is 13.1. The average molecular weight is 405 g/mol. The summed E-state index contributed by atoms with van der Waals surface area (Å²) in [6.07, 6.45) is 8.72. The molecule has 3 fully saturated rings. The van der Waals surface area contributed by atoms with Gasteiger partial charge in [0.25, 0.3) is 0 Å². The smallest absolute Gasteiger partial charge is 0.190 e. The molecule has 4 rings (SSSR count). The molecule has 7 atom stereocenters. The molecule has 3 saturated carbocycles. The Bertz CT molecular complexity index is 729. The van der Waals surface area contributed by atoms with E-state index in [2.05, 4.69) is 13.8 Å². The van der Waals surface area contributed by atoms with Gasteiger partial charge < -0.3 is 14.6 Å². The summed E-state index contributed by atoms with van der Waals surface area (Å²) in [4.78, 5) is 25.1. The zero-order chi connectivity index (χ0) is 21.0. The van der Waals surface area contributed by atoms with Crippen LogP contribution in [-0.4, -0.2) is 42.3 Å². The second-order valence-electron chi connectivity index (χ2n) is 10.3. The fourth-order valence-corrected chi connectivity index (χ4v) is 7.73. The molecule has 0 heterocycles. The minimum Gasteiger partial charge on any atom is -0.388 e. The summed E-state index contributed by atoms with van der Waals surface area (Å²) in [5, 5.41) is 9.79. The third-order valence-electron chi connectivity index (χ3n) is 9.37. The van der Waals surface area contributed by atoms with Gasteiger partial charge in [-0.05, 0) is 81.1 Å². The SMILES string of the molecule is COC(C)O[C@]1(C(=O)CO)CC[C@H]2[C@@H]3CCC4=CC(=O)CC[C@]4(C)[C@H]3CC[C@@]21C. The zero-order valence-corrected chi connectivity index (χ0v) is 18.3. The normalized spacial score (nSPS) is 45.1. The van der Waals surface area contributed by atoms with Gasteiger partial charge in [-0.15, -0.1) is 0 Å². The highest BCUT2D eigenvalue weighted by Crippen LogP contribution is 2.68. The maximum Gasteiger partial charge on any atom is 0.190 e. The van der Waals surface area contributed by atoms with Crippen molar-refractivity contribution in [3.63, 3.8) is 0 Å². The first kappa shape index (κ1) is 21.2. The van der Waals surface area contributed by atoms with Crippen molar-refractivity contribution in [3.05, 3.63) is 11.6 Å². The number of aliphatic hydroxyl groups excluding tert-OH is 1. The van der Waals surface area contributed by atoms with Gasteiger partial charge in [-0.2, -0.15) is 0 Å². The van der Waals surface area contributed by atoms with Crippen molar-refractivity contribution in [3.8, 4) is 0 Å². The number of ether oxygens (including phenoxy) is 2. The first-order valence-corrected chi connectivity index (χ1v) is 11.3. The number of aliphatic hydroxyl groups is 1. The number of allylic oxidation sites excluding steroid dienone is 1.